The Morgan fingerprint density at radius 3 is 2.48 bits per heavy atom. The van der Waals surface area contributed by atoms with Crippen molar-refractivity contribution in [2.75, 3.05) is 18.5 Å². The maximum Gasteiger partial charge on any atom is 0.263 e. The molecular weight excluding hydrogens is 418 g/mol. The summed E-state index contributed by atoms with van der Waals surface area (Å²) in [6.07, 6.45) is 0. The number of fused-ring (bicyclic) bond motifs is 1. The van der Waals surface area contributed by atoms with E-state index in [1.807, 2.05) is 38.1 Å². The average molecular weight is 442 g/mol. The number of amides is 1. The van der Waals surface area contributed by atoms with E-state index in [9.17, 15) is 13.2 Å². The van der Waals surface area contributed by atoms with Crippen LogP contribution in [0.5, 0.6) is 11.5 Å². The molecule has 0 aliphatic carbocycles. The molecule has 0 saturated heterocycles. The molecule has 9 heteroatoms. The van der Waals surface area contributed by atoms with Crippen LogP contribution in [-0.2, 0) is 26.1 Å². The molecule has 0 bridgehead atoms. The highest BCUT2D eigenvalue weighted by atomic mass is 32.2. The van der Waals surface area contributed by atoms with Crippen LogP contribution in [0.25, 0.3) is 5.69 Å². The third-order valence-electron chi connectivity index (χ3n) is 4.80. The van der Waals surface area contributed by atoms with Crippen molar-refractivity contribution in [3.63, 3.8) is 0 Å². The number of aryl methyl sites for hydroxylation is 1. The van der Waals surface area contributed by atoms with Crippen LogP contribution in [0, 0.1) is 6.92 Å². The zero-order valence-electron chi connectivity index (χ0n) is 17.3. The van der Waals surface area contributed by atoms with Gasteiger partial charge in [0.25, 0.3) is 5.91 Å². The quantitative estimate of drug-likeness (QED) is 0.605. The van der Waals surface area contributed by atoms with Crippen molar-refractivity contribution in [1.82, 2.24) is 9.78 Å². The van der Waals surface area contributed by atoms with Gasteiger partial charge in [0.05, 0.1) is 29.5 Å². The molecule has 3 aromatic rings. The van der Waals surface area contributed by atoms with E-state index in [2.05, 4.69) is 10.4 Å². The van der Waals surface area contributed by atoms with Gasteiger partial charge in [-0.2, -0.15) is 5.10 Å². The van der Waals surface area contributed by atoms with E-state index in [1.165, 1.54) is 0 Å². The number of nitrogens with one attached hydrogen (secondary N) is 1. The van der Waals surface area contributed by atoms with Crippen LogP contribution in [0.2, 0.25) is 0 Å². The van der Waals surface area contributed by atoms with Gasteiger partial charge >= 0.3 is 0 Å². The zero-order valence-corrected chi connectivity index (χ0v) is 18.1. The van der Waals surface area contributed by atoms with Crippen molar-refractivity contribution < 1.29 is 22.7 Å². The SMILES string of the molecule is CCOc1ccc(OCC(=O)Nc2c3c(nn2-c2cccc(C)c2)CS(=O)(=O)C3)cc1. The van der Waals surface area contributed by atoms with Crippen molar-refractivity contribution in [1.29, 1.82) is 0 Å². The van der Waals surface area contributed by atoms with Crippen molar-refractivity contribution >= 4 is 21.6 Å². The molecule has 0 atom stereocenters. The largest absolute Gasteiger partial charge is 0.494 e. The fraction of sp³-hybridized carbons (Fsp3) is 0.273. The molecule has 1 N–H and O–H groups in total. The summed E-state index contributed by atoms with van der Waals surface area (Å²) < 4.78 is 36.7. The molecule has 162 valence electrons. The van der Waals surface area contributed by atoms with Gasteiger partial charge in [-0.15, -0.1) is 0 Å². The van der Waals surface area contributed by atoms with Crippen LogP contribution in [-0.4, -0.2) is 37.3 Å². The second-order valence-corrected chi connectivity index (χ2v) is 9.36. The molecular formula is C22H23N3O5S. The molecule has 0 unspecified atom stereocenters. The average Bonchev–Trinajstić information content (AvgIpc) is 3.20. The van der Waals surface area contributed by atoms with E-state index in [0.717, 1.165) is 17.0 Å². The van der Waals surface area contributed by atoms with E-state index >= 15 is 0 Å². The van der Waals surface area contributed by atoms with Crippen LogP contribution in [0.15, 0.2) is 48.5 Å². The second-order valence-electron chi connectivity index (χ2n) is 7.30. The summed E-state index contributed by atoms with van der Waals surface area (Å²) in [4.78, 5) is 12.6. The lowest BCUT2D eigenvalue weighted by Gasteiger charge is -2.12. The number of benzene rings is 2. The van der Waals surface area contributed by atoms with Crippen molar-refractivity contribution in [2.24, 2.45) is 0 Å². The standard InChI is InChI=1S/C22H23N3O5S/c1-3-29-17-7-9-18(10-8-17)30-12-21(26)23-22-19-13-31(27,28)14-20(19)24-25(22)16-6-4-5-15(2)11-16/h4-11H,3,12-14H2,1-2H3,(H,23,26). The second kappa shape index (κ2) is 8.43. The van der Waals surface area contributed by atoms with Crippen LogP contribution in [0.3, 0.4) is 0 Å². The van der Waals surface area contributed by atoms with E-state index in [-0.39, 0.29) is 18.1 Å². The molecule has 1 aliphatic rings. The highest BCUT2D eigenvalue weighted by Gasteiger charge is 2.33. The van der Waals surface area contributed by atoms with Gasteiger partial charge in [-0.25, -0.2) is 13.1 Å². The molecule has 0 spiro atoms. The number of nitrogens with zero attached hydrogens (tertiary/aromatic N) is 2. The third-order valence-corrected chi connectivity index (χ3v) is 6.24. The van der Waals surface area contributed by atoms with Crippen LogP contribution < -0.4 is 14.8 Å². The van der Waals surface area contributed by atoms with Crippen molar-refractivity contribution in [3.05, 3.63) is 65.4 Å². The number of hydrogen-bond acceptors (Lipinski definition) is 6. The number of hydrogen-bond donors (Lipinski definition) is 1. The third kappa shape index (κ3) is 4.72. The molecule has 8 nitrogen and oxygen atoms in total. The molecule has 4 rings (SSSR count). The van der Waals surface area contributed by atoms with Crippen molar-refractivity contribution in [2.45, 2.75) is 25.4 Å². The Morgan fingerprint density at radius 2 is 1.81 bits per heavy atom. The Bertz CT molecular complexity index is 1220. The van der Waals surface area contributed by atoms with Gasteiger partial charge in [-0.1, -0.05) is 12.1 Å². The van der Waals surface area contributed by atoms with Crippen molar-refractivity contribution in [3.8, 4) is 17.2 Å². The van der Waals surface area contributed by atoms with Gasteiger partial charge < -0.3 is 14.8 Å². The van der Waals surface area contributed by atoms with Crippen LogP contribution >= 0.6 is 0 Å². The Kier molecular flexibility index (Phi) is 5.69. The Hall–Kier alpha value is -3.33. The lowest BCUT2D eigenvalue weighted by atomic mass is 10.2. The summed E-state index contributed by atoms with van der Waals surface area (Å²) in [5.41, 5.74) is 2.76. The minimum Gasteiger partial charge on any atom is -0.494 e. The first-order valence-corrected chi connectivity index (χ1v) is 11.7. The predicted octanol–water partition coefficient (Wildman–Crippen LogP) is 3.03. The fourth-order valence-electron chi connectivity index (χ4n) is 3.43. The number of aromatic nitrogens is 2. The minimum absolute atomic E-state index is 0.132. The topological polar surface area (TPSA) is 99.5 Å². The number of anilines is 1. The molecule has 31 heavy (non-hydrogen) atoms. The van der Waals surface area contributed by atoms with E-state index < -0.39 is 15.7 Å². The van der Waals surface area contributed by atoms with Crippen LogP contribution in [0.1, 0.15) is 23.7 Å². The maximum absolute atomic E-state index is 12.6. The highest BCUT2D eigenvalue weighted by molar-refractivity contribution is 7.90. The van der Waals surface area contributed by atoms with Gasteiger partial charge in [0.15, 0.2) is 16.4 Å². The summed E-state index contributed by atoms with van der Waals surface area (Å²) in [6, 6.07) is 14.6. The Balaban J connectivity index is 1.53. The summed E-state index contributed by atoms with van der Waals surface area (Å²) in [6.45, 7) is 4.19. The van der Waals surface area contributed by atoms with E-state index in [1.54, 1.807) is 28.9 Å². The molecule has 2 aromatic carbocycles. The zero-order chi connectivity index (χ0) is 22.0. The number of ether oxygens (including phenoxy) is 2. The lowest BCUT2D eigenvalue weighted by molar-refractivity contribution is -0.118. The molecule has 2 heterocycles. The normalized spacial score (nSPS) is 14.1. The first-order chi connectivity index (χ1) is 14.8. The summed E-state index contributed by atoms with van der Waals surface area (Å²) in [5.74, 6) is 0.921. The summed E-state index contributed by atoms with van der Waals surface area (Å²) in [7, 11) is -3.26. The molecule has 0 radical (unpaired) electrons. The van der Waals surface area contributed by atoms with E-state index in [4.69, 9.17) is 9.47 Å². The molecule has 1 aromatic heterocycles. The minimum atomic E-state index is -3.26. The first kappa shape index (κ1) is 20.9. The van der Waals surface area contributed by atoms with Gasteiger partial charge in [-0.3, -0.25) is 4.79 Å². The highest BCUT2D eigenvalue weighted by Crippen LogP contribution is 2.33. The maximum atomic E-state index is 12.6. The fourth-order valence-corrected chi connectivity index (χ4v) is 4.93. The molecule has 0 fully saturated rings. The first-order valence-electron chi connectivity index (χ1n) is 9.88. The number of rotatable bonds is 7. The number of carbonyl (C=O) groups is 1. The van der Waals surface area contributed by atoms with E-state index in [0.29, 0.717) is 29.4 Å². The Morgan fingerprint density at radius 1 is 1.10 bits per heavy atom. The predicted molar refractivity (Wildman–Crippen MR) is 116 cm³/mol. The number of carbonyl (C=O) groups excluding carboxylic acids is 1. The molecule has 1 aliphatic heterocycles. The van der Waals surface area contributed by atoms with Gasteiger partial charge in [0.2, 0.25) is 0 Å². The smallest absolute Gasteiger partial charge is 0.263 e. The van der Waals surface area contributed by atoms with Crippen LogP contribution in [0.4, 0.5) is 5.82 Å². The molecule has 0 saturated carbocycles. The summed E-state index contributed by atoms with van der Waals surface area (Å²) in [5, 5.41) is 7.26. The monoisotopic (exact) mass is 441 g/mol. The summed E-state index contributed by atoms with van der Waals surface area (Å²) >= 11 is 0. The van der Waals surface area contributed by atoms with Gasteiger partial charge in [0.1, 0.15) is 17.3 Å². The Labute approximate surface area is 180 Å². The van der Waals surface area contributed by atoms with Gasteiger partial charge in [-0.05, 0) is 55.8 Å². The molecule has 1 amide bonds. The van der Waals surface area contributed by atoms with Gasteiger partial charge in [0, 0.05) is 5.56 Å². The lowest BCUT2D eigenvalue weighted by Crippen LogP contribution is -2.22. The number of sulfone groups is 1.